The van der Waals surface area contributed by atoms with Crippen molar-refractivity contribution in [1.82, 2.24) is 4.98 Å². The summed E-state index contributed by atoms with van der Waals surface area (Å²) in [6, 6.07) is 2.20. The zero-order valence-electron chi connectivity index (χ0n) is 10.4. The Hall–Kier alpha value is -1.13. The lowest BCUT2D eigenvalue weighted by atomic mass is 9.94. The van der Waals surface area contributed by atoms with Gasteiger partial charge in [-0.1, -0.05) is 0 Å². The first-order valence-electron chi connectivity index (χ1n) is 6.30. The number of hydrogen-bond donors (Lipinski definition) is 2. The van der Waals surface area contributed by atoms with Gasteiger partial charge in [0.05, 0.1) is 6.61 Å². The third kappa shape index (κ3) is 2.58. The molecular formula is C13H21N3O. The predicted octanol–water partition coefficient (Wildman–Crippen LogP) is 0.848. The van der Waals surface area contributed by atoms with Crippen LogP contribution in [0.4, 0.5) is 5.82 Å². The van der Waals surface area contributed by atoms with Gasteiger partial charge < -0.3 is 15.7 Å². The quantitative estimate of drug-likeness (QED) is 0.812. The molecule has 0 aliphatic heterocycles. The first-order valence-corrected chi connectivity index (χ1v) is 6.30. The topological polar surface area (TPSA) is 62.4 Å². The van der Waals surface area contributed by atoms with Crippen molar-refractivity contribution in [1.29, 1.82) is 0 Å². The number of rotatable bonds is 4. The van der Waals surface area contributed by atoms with Crippen LogP contribution in [0.3, 0.4) is 0 Å². The summed E-state index contributed by atoms with van der Waals surface area (Å²) in [4.78, 5) is 6.72. The minimum Gasteiger partial charge on any atom is -0.395 e. The molecule has 4 heteroatoms. The van der Waals surface area contributed by atoms with Crippen molar-refractivity contribution in [3.8, 4) is 0 Å². The summed E-state index contributed by atoms with van der Waals surface area (Å²) in [6.07, 6.45) is 4.68. The van der Waals surface area contributed by atoms with Gasteiger partial charge in [0.2, 0.25) is 0 Å². The third-order valence-corrected chi connectivity index (χ3v) is 3.37. The Bertz CT molecular complexity index is 392. The van der Waals surface area contributed by atoms with Gasteiger partial charge in [-0.05, 0) is 37.3 Å². The largest absolute Gasteiger partial charge is 0.395 e. The fourth-order valence-electron chi connectivity index (χ4n) is 2.41. The fraction of sp³-hybridized carbons (Fsp3) is 0.615. The molecular weight excluding hydrogens is 214 g/mol. The smallest absolute Gasteiger partial charge is 0.133 e. The maximum Gasteiger partial charge on any atom is 0.133 e. The standard InChI is InChI=1S/C13H21N3O/c1-16(6-7-17)13-11(9-14)8-10-4-2-3-5-12(10)15-13/h8,17H,2-7,9,14H2,1H3. The molecule has 17 heavy (non-hydrogen) atoms. The molecule has 1 aromatic heterocycles. The van der Waals surface area contributed by atoms with E-state index in [-0.39, 0.29) is 6.61 Å². The molecule has 94 valence electrons. The lowest BCUT2D eigenvalue weighted by Crippen LogP contribution is -2.25. The van der Waals surface area contributed by atoms with E-state index < -0.39 is 0 Å². The number of aromatic nitrogens is 1. The highest BCUT2D eigenvalue weighted by atomic mass is 16.3. The number of nitrogens with two attached hydrogens (primary N) is 1. The Morgan fingerprint density at radius 1 is 1.41 bits per heavy atom. The van der Waals surface area contributed by atoms with E-state index in [1.165, 1.54) is 24.1 Å². The van der Waals surface area contributed by atoms with E-state index in [9.17, 15) is 0 Å². The second kappa shape index (κ2) is 5.47. The van der Waals surface area contributed by atoms with Crippen LogP contribution in [0.5, 0.6) is 0 Å². The van der Waals surface area contributed by atoms with Crippen molar-refractivity contribution >= 4 is 5.82 Å². The number of pyridine rings is 1. The van der Waals surface area contributed by atoms with Gasteiger partial charge in [0.25, 0.3) is 0 Å². The first kappa shape index (κ1) is 12.3. The molecule has 0 saturated heterocycles. The lowest BCUT2D eigenvalue weighted by Gasteiger charge is -2.24. The van der Waals surface area contributed by atoms with E-state index in [2.05, 4.69) is 6.07 Å². The number of anilines is 1. The molecule has 3 N–H and O–H groups in total. The summed E-state index contributed by atoms with van der Waals surface area (Å²) in [7, 11) is 1.95. The van der Waals surface area contributed by atoms with Gasteiger partial charge in [-0.3, -0.25) is 0 Å². The summed E-state index contributed by atoms with van der Waals surface area (Å²) in [5, 5.41) is 9.00. The maximum atomic E-state index is 9.00. The molecule has 0 amide bonds. The number of likely N-dealkylation sites (N-methyl/N-ethyl adjacent to an activating group) is 1. The molecule has 0 spiro atoms. The van der Waals surface area contributed by atoms with E-state index in [4.69, 9.17) is 15.8 Å². The highest BCUT2D eigenvalue weighted by Crippen LogP contribution is 2.25. The minimum absolute atomic E-state index is 0.138. The Labute approximate surface area is 102 Å². The third-order valence-electron chi connectivity index (χ3n) is 3.37. The molecule has 1 aliphatic rings. The second-order valence-electron chi connectivity index (χ2n) is 4.63. The second-order valence-corrected chi connectivity index (χ2v) is 4.63. The molecule has 0 aromatic carbocycles. The zero-order valence-corrected chi connectivity index (χ0v) is 10.4. The summed E-state index contributed by atoms with van der Waals surface area (Å²) in [6.45, 7) is 1.24. The Balaban J connectivity index is 2.36. The van der Waals surface area contributed by atoms with E-state index in [0.29, 0.717) is 13.1 Å². The van der Waals surface area contributed by atoms with E-state index in [0.717, 1.165) is 24.2 Å². The number of aliphatic hydroxyl groups is 1. The highest BCUT2D eigenvalue weighted by Gasteiger charge is 2.16. The van der Waals surface area contributed by atoms with Gasteiger partial charge in [0.15, 0.2) is 0 Å². The summed E-state index contributed by atoms with van der Waals surface area (Å²) in [5.41, 5.74) is 9.45. The molecule has 4 nitrogen and oxygen atoms in total. The fourth-order valence-corrected chi connectivity index (χ4v) is 2.41. The minimum atomic E-state index is 0.138. The van der Waals surface area contributed by atoms with Crippen LogP contribution < -0.4 is 10.6 Å². The van der Waals surface area contributed by atoms with Crippen molar-refractivity contribution in [2.24, 2.45) is 5.73 Å². The zero-order chi connectivity index (χ0) is 12.3. The molecule has 0 fully saturated rings. The average molecular weight is 235 g/mol. The molecule has 1 heterocycles. The van der Waals surface area contributed by atoms with Crippen LogP contribution in [0.25, 0.3) is 0 Å². The molecule has 1 aliphatic carbocycles. The summed E-state index contributed by atoms with van der Waals surface area (Å²) in [5.74, 6) is 0.933. The van der Waals surface area contributed by atoms with Crippen LogP contribution in [-0.2, 0) is 19.4 Å². The maximum absolute atomic E-state index is 9.00. The summed E-state index contributed by atoms with van der Waals surface area (Å²) < 4.78 is 0. The highest BCUT2D eigenvalue weighted by molar-refractivity contribution is 5.50. The van der Waals surface area contributed by atoms with E-state index >= 15 is 0 Å². The number of fused-ring (bicyclic) bond motifs is 1. The van der Waals surface area contributed by atoms with E-state index in [1.54, 1.807) is 0 Å². The van der Waals surface area contributed by atoms with Crippen LogP contribution in [0.1, 0.15) is 29.7 Å². The Kier molecular flexibility index (Phi) is 3.97. The van der Waals surface area contributed by atoms with Crippen LogP contribution in [0, 0.1) is 0 Å². The van der Waals surface area contributed by atoms with Gasteiger partial charge in [-0.15, -0.1) is 0 Å². The van der Waals surface area contributed by atoms with Crippen molar-refractivity contribution in [3.63, 3.8) is 0 Å². The van der Waals surface area contributed by atoms with Crippen molar-refractivity contribution in [2.75, 3.05) is 25.1 Å². The van der Waals surface area contributed by atoms with Crippen LogP contribution in [0.2, 0.25) is 0 Å². The normalized spacial score (nSPS) is 14.5. The van der Waals surface area contributed by atoms with Crippen LogP contribution in [-0.4, -0.2) is 30.3 Å². The molecule has 0 unspecified atom stereocenters. The Morgan fingerprint density at radius 3 is 2.88 bits per heavy atom. The molecule has 1 aromatic rings. The van der Waals surface area contributed by atoms with Crippen molar-refractivity contribution in [3.05, 3.63) is 22.9 Å². The van der Waals surface area contributed by atoms with Gasteiger partial charge in [-0.25, -0.2) is 4.98 Å². The predicted molar refractivity (Wildman–Crippen MR) is 69.1 cm³/mol. The number of hydrogen-bond acceptors (Lipinski definition) is 4. The monoisotopic (exact) mass is 235 g/mol. The Morgan fingerprint density at radius 2 is 2.18 bits per heavy atom. The molecule has 0 saturated carbocycles. The van der Waals surface area contributed by atoms with Crippen molar-refractivity contribution in [2.45, 2.75) is 32.2 Å². The molecule has 0 atom stereocenters. The number of aliphatic hydroxyl groups excluding tert-OH is 1. The van der Waals surface area contributed by atoms with Crippen LogP contribution >= 0.6 is 0 Å². The van der Waals surface area contributed by atoms with Gasteiger partial charge in [0, 0.05) is 31.4 Å². The molecule has 0 radical (unpaired) electrons. The van der Waals surface area contributed by atoms with Gasteiger partial charge in [-0.2, -0.15) is 0 Å². The van der Waals surface area contributed by atoms with Crippen molar-refractivity contribution < 1.29 is 5.11 Å². The average Bonchev–Trinajstić information content (AvgIpc) is 2.37. The molecule has 0 bridgehead atoms. The lowest BCUT2D eigenvalue weighted by molar-refractivity contribution is 0.303. The van der Waals surface area contributed by atoms with Gasteiger partial charge in [0.1, 0.15) is 5.82 Å². The number of aryl methyl sites for hydroxylation is 2. The van der Waals surface area contributed by atoms with E-state index in [1.807, 2.05) is 11.9 Å². The first-order chi connectivity index (χ1) is 8.26. The van der Waals surface area contributed by atoms with Crippen LogP contribution in [0.15, 0.2) is 6.07 Å². The van der Waals surface area contributed by atoms with Gasteiger partial charge >= 0.3 is 0 Å². The molecule has 2 rings (SSSR count). The SMILES string of the molecule is CN(CCO)c1nc2c(cc1CN)CCCC2. The summed E-state index contributed by atoms with van der Waals surface area (Å²) >= 11 is 0. The number of nitrogens with zero attached hydrogens (tertiary/aromatic N) is 2.